The zero-order valence-corrected chi connectivity index (χ0v) is 23.9. The van der Waals surface area contributed by atoms with Crippen molar-refractivity contribution in [2.24, 2.45) is 17.3 Å². The minimum Gasteiger partial charge on any atom is -0.508 e. The van der Waals surface area contributed by atoms with E-state index in [0.717, 1.165) is 38.5 Å². The third-order valence-electron chi connectivity index (χ3n) is 8.51. The smallest absolute Gasteiger partial charge is 0.156 e. The van der Waals surface area contributed by atoms with Crippen LogP contribution in [-0.4, -0.2) is 21.6 Å². The number of phenolic OH excluding ortho intramolecular Hbond substituents is 1. The summed E-state index contributed by atoms with van der Waals surface area (Å²) in [5, 5.41) is 21.5. The number of allylic oxidation sites excluding steroid dienone is 4. The van der Waals surface area contributed by atoms with E-state index >= 15 is 0 Å². The molecule has 1 aromatic carbocycles. The van der Waals surface area contributed by atoms with E-state index in [1.54, 1.807) is 12.1 Å². The van der Waals surface area contributed by atoms with Gasteiger partial charge in [-0.1, -0.05) is 30.6 Å². The molecule has 0 amide bonds. The van der Waals surface area contributed by atoms with E-state index in [-0.39, 0.29) is 76.8 Å². The Balaban J connectivity index is 0.00000144. The number of ketones is 1. The molecule has 0 bridgehead atoms. The minimum atomic E-state index is -0.948. The maximum atomic E-state index is 12.1. The highest BCUT2D eigenvalue weighted by Gasteiger charge is 2.62. The van der Waals surface area contributed by atoms with Crippen molar-refractivity contribution in [2.75, 3.05) is 0 Å². The molecule has 0 heterocycles. The van der Waals surface area contributed by atoms with Gasteiger partial charge in [0.2, 0.25) is 0 Å². The Bertz CT molecular complexity index is 1040. The lowest BCUT2D eigenvalue weighted by Crippen LogP contribution is -2.51. The van der Waals surface area contributed by atoms with Gasteiger partial charge in [-0.15, -0.1) is 5.92 Å². The predicted octanol–water partition coefficient (Wildman–Crippen LogP) is 5.50. The van der Waals surface area contributed by atoms with Gasteiger partial charge >= 0.3 is 0 Å². The molecule has 188 valence electrons. The molecular weight excluding hydrogens is 501 g/mol. The highest BCUT2D eigenvalue weighted by atomic mass is 32.1. The molecule has 2 saturated carbocycles. The van der Waals surface area contributed by atoms with E-state index < -0.39 is 5.60 Å². The third-order valence-corrected chi connectivity index (χ3v) is 8.51. The number of carbonyl (C=O) groups is 1. The number of carbonyl (C=O) groups excluding carboxylic acids is 1. The van der Waals surface area contributed by atoms with E-state index in [9.17, 15) is 15.0 Å². The number of aliphatic hydroxyl groups is 1. The van der Waals surface area contributed by atoms with Gasteiger partial charge in [-0.2, -0.15) is 54.0 Å². The fourth-order valence-electron chi connectivity index (χ4n) is 7.08. The lowest BCUT2D eigenvalue weighted by molar-refractivity contribution is -0.114. The first-order valence-electron chi connectivity index (χ1n) is 11.3. The Morgan fingerprint density at radius 3 is 2.32 bits per heavy atom. The topological polar surface area (TPSA) is 57.5 Å². The van der Waals surface area contributed by atoms with Crippen LogP contribution in [0.2, 0.25) is 0 Å². The maximum absolute atomic E-state index is 12.1. The average Bonchev–Trinajstić information content (AvgIpc) is 2.98. The monoisotopic (exact) mass is 538 g/mol. The van der Waals surface area contributed by atoms with Crippen LogP contribution in [0, 0.1) is 29.1 Å². The fraction of sp³-hybridized carbons (Fsp3) is 0.519. The number of fused-ring (bicyclic) bond motifs is 4. The van der Waals surface area contributed by atoms with Gasteiger partial charge < -0.3 is 10.2 Å². The van der Waals surface area contributed by atoms with E-state index in [2.05, 4.69) is 18.8 Å². The Kier molecular flexibility index (Phi) is 10.5. The molecule has 0 radical (unpaired) electrons. The molecule has 3 nitrogen and oxygen atoms in total. The van der Waals surface area contributed by atoms with Gasteiger partial charge in [0, 0.05) is 17.8 Å². The molecule has 0 spiro atoms. The zero-order valence-electron chi connectivity index (χ0n) is 19.9. The van der Waals surface area contributed by atoms with Gasteiger partial charge in [-0.05, 0) is 92.2 Å². The molecule has 1 aromatic rings. The Morgan fingerprint density at radius 1 is 1.00 bits per heavy atom. The Labute approximate surface area is 231 Å². The first-order valence-corrected chi connectivity index (χ1v) is 11.3. The summed E-state index contributed by atoms with van der Waals surface area (Å²) in [5.74, 6) is 7.75. The van der Waals surface area contributed by atoms with Gasteiger partial charge in [0.25, 0.3) is 0 Å². The van der Waals surface area contributed by atoms with Crippen molar-refractivity contribution in [3.8, 4) is 17.6 Å². The summed E-state index contributed by atoms with van der Waals surface area (Å²) in [6, 6.07) is 7.58. The van der Waals surface area contributed by atoms with E-state index in [1.165, 1.54) is 22.3 Å². The van der Waals surface area contributed by atoms with E-state index in [1.807, 2.05) is 25.1 Å². The van der Waals surface area contributed by atoms with Crippen LogP contribution in [0.15, 0.2) is 47.1 Å². The molecule has 5 rings (SSSR count). The van der Waals surface area contributed by atoms with Crippen LogP contribution in [0.5, 0.6) is 5.75 Å². The van der Waals surface area contributed by atoms with Gasteiger partial charge in [0.15, 0.2) is 5.78 Å². The summed E-state index contributed by atoms with van der Waals surface area (Å²) >= 11 is 0. The second kappa shape index (κ2) is 11.4. The molecule has 2 fully saturated rings. The van der Waals surface area contributed by atoms with Crippen molar-refractivity contribution >= 4 is 59.8 Å². The van der Waals surface area contributed by atoms with Gasteiger partial charge in [0.05, 0.1) is 0 Å². The van der Waals surface area contributed by atoms with Gasteiger partial charge in [-0.25, -0.2) is 0 Å². The lowest BCUT2D eigenvalue weighted by Gasteiger charge is -2.53. The number of phenols is 1. The molecule has 34 heavy (non-hydrogen) atoms. The molecule has 5 atom stereocenters. The average molecular weight is 539 g/mol. The van der Waals surface area contributed by atoms with Gasteiger partial charge in [-0.3, -0.25) is 4.79 Å². The molecule has 0 aliphatic heterocycles. The first kappa shape index (κ1) is 31.1. The summed E-state index contributed by atoms with van der Waals surface area (Å²) in [5.41, 5.74) is 4.13. The molecule has 0 unspecified atom stereocenters. The van der Waals surface area contributed by atoms with Crippen molar-refractivity contribution in [1.29, 1.82) is 0 Å². The number of benzene rings is 1. The molecule has 2 N–H and O–H groups in total. The Hall–Kier alpha value is -0.910. The van der Waals surface area contributed by atoms with Crippen LogP contribution in [-0.2, 0) is 4.79 Å². The highest BCUT2D eigenvalue weighted by Crippen LogP contribution is 2.66. The molecule has 0 saturated heterocycles. The second-order valence-electron chi connectivity index (χ2n) is 9.86. The summed E-state index contributed by atoms with van der Waals surface area (Å²) in [7, 11) is 0. The summed E-state index contributed by atoms with van der Waals surface area (Å²) in [4.78, 5) is 12.1. The first-order chi connectivity index (χ1) is 14.4. The van der Waals surface area contributed by atoms with Crippen LogP contribution in [0.3, 0.4) is 0 Å². The lowest BCUT2D eigenvalue weighted by atomic mass is 9.51. The second-order valence-corrected chi connectivity index (χ2v) is 9.86. The molecular formula is C27H38O3S4. The Morgan fingerprint density at radius 2 is 1.68 bits per heavy atom. The van der Waals surface area contributed by atoms with Crippen molar-refractivity contribution in [2.45, 2.75) is 70.3 Å². The summed E-state index contributed by atoms with van der Waals surface area (Å²) in [6.45, 7) is 4.07. The van der Waals surface area contributed by atoms with Crippen molar-refractivity contribution in [1.82, 2.24) is 0 Å². The van der Waals surface area contributed by atoms with Crippen LogP contribution in [0.4, 0.5) is 0 Å². The van der Waals surface area contributed by atoms with Crippen molar-refractivity contribution in [3.05, 3.63) is 52.6 Å². The highest BCUT2D eigenvalue weighted by molar-refractivity contribution is 7.59. The minimum absolute atomic E-state index is 0. The number of aromatic hydroxyl groups is 1. The van der Waals surface area contributed by atoms with E-state index in [0.29, 0.717) is 18.3 Å². The number of rotatable bonds is 1. The summed E-state index contributed by atoms with van der Waals surface area (Å²) in [6.07, 6.45) is 7.92. The SMILES string of the molecule is CC#C[C@]1(O)CC[C@H]2[C@@H]3CCC4=CC(=O)CCC4=C3[C@@H](c3ccc(O)cc3)C[C@@]21C.S.S.S.S. The standard InChI is InChI=1S/C27H30O3.4H2S/c1-3-13-27(30)14-12-24-22-10-6-18-15-20(29)9-11-21(18)25(22)23(16-26(24,27)2)17-4-7-19(28)8-5-17;;;;/h4-5,7-8,15,22-24,28,30H,6,9-12,14,16H2,1-2H3;4*1H2/t22-,23+,24-,26-,27-;;;;/m0..../s1. The third kappa shape index (κ3) is 4.74. The van der Waals surface area contributed by atoms with Crippen LogP contribution < -0.4 is 0 Å². The van der Waals surface area contributed by atoms with Crippen LogP contribution in [0.25, 0.3) is 0 Å². The predicted molar refractivity (Wildman–Crippen MR) is 158 cm³/mol. The number of hydrogen-bond acceptors (Lipinski definition) is 3. The van der Waals surface area contributed by atoms with Crippen LogP contribution >= 0.6 is 54.0 Å². The van der Waals surface area contributed by atoms with Crippen molar-refractivity contribution in [3.63, 3.8) is 0 Å². The molecule has 7 heteroatoms. The molecule has 4 aliphatic rings. The quantitative estimate of drug-likeness (QED) is 0.465. The largest absolute Gasteiger partial charge is 0.508 e. The summed E-state index contributed by atoms with van der Waals surface area (Å²) < 4.78 is 0. The van der Waals surface area contributed by atoms with Gasteiger partial charge in [0.1, 0.15) is 11.4 Å². The number of hydrogen-bond donors (Lipinski definition) is 2. The molecule has 4 aliphatic carbocycles. The van der Waals surface area contributed by atoms with Crippen LogP contribution in [0.1, 0.15) is 70.3 Å². The normalized spacial score (nSPS) is 33.1. The van der Waals surface area contributed by atoms with Crippen molar-refractivity contribution < 1.29 is 15.0 Å². The maximum Gasteiger partial charge on any atom is 0.156 e. The molecule has 0 aromatic heterocycles. The fourth-order valence-corrected chi connectivity index (χ4v) is 7.08. The zero-order chi connectivity index (χ0) is 21.1. The van der Waals surface area contributed by atoms with E-state index in [4.69, 9.17) is 0 Å².